The summed E-state index contributed by atoms with van der Waals surface area (Å²) in [6.45, 7) is 2.35. The van der Waals surface area contributed by atoms with Crippen molar-refractivity contribution in [3.63, 3.8) is 0 Å². The highest BCUT2D eigenvalue weighted by Gasteiger charge is 2.70. The topological polar surface area (TPSA) is 12.0 Å². The molecule has 0 amide bonds. The average Bonchev–Trinajstić information content (AvgIpc) is 2.26. The molecule has 21 heavy (non-hydrogen) atoms. The molecule has 0 unspecified atom stereocenters. The summed E-state index contributed by atoms with van der Waals surface area (Å²) < 4.78 is 36.7. The zero-order chi connectivity index (χ0) is 14.7. The van der Waals surface area contributed by atoms with Gasteiger partial charge >= 0.3 is 6.18 Å². The van der Waals surface area contributed by atoms with E-state index in [1.165, 1.54) is 37.9 Å². The molecular weight excluding hydrogens is 275 g/mol. The van der Waals surface area contributed by atoms with Crippen molar-refractivity contribution in [1.82, 2.24) is 5.32 Å². The number of nitrogens with one attached hydrogen (secondary N) is 1. The van der Waals surface area contributed by atoms with Gasteiger partial charge in [0.25, 0.3) is 0 Å². The molecule has 1 aliphatic heterocycles. The van der Waals surface area contributed by atoms with Crippen LogP contribution in [0.25, 0.3) is 0 Å². The summed E-state index contributed by atoms with van der Waals surface area (Å²) in [6.07, 6.45) is -0.837. The lowest BCUT2D eigenvalue weighted by Crippen LogP contribution is -2.72. The van der Waals surface area contributed by atoms with Crippen LogP contribution in [-0.4, -0.2) is 19.3 Å². The fourth-order valence-corrected chi connectivity index (χ4v) is 4.64. The number of aryl methyl sites for hydroxylation is 1. The molecule has 1 saturated heterocycles. The van der Waals surface area contributed by atoms with Crippen LogP contribution in [0.4, 0.5) is 13.2 Å². The van der Waals surface area contributed by atoms with Gasteiger partial charge in [-0.2, -0.15) is 13.2 Å². The summed E-state index contributed by atoms with van der Waals surface area (Å²) in [5.74, 6) is 0.866. The second-order valence-corrected chi connectivity index (χ2v) is 7.34. The van der Waals surface area contributed by atoms with E-state index >= 15 is 0 Å². The first-order valence-electron chi connectivity index (χ1n) is 7.78. The molecule has 0 spiro atoms. The van der Waals surface area contributed by atoms with E-state index in [9.17, 15) is 13.2 Å². The summed E-state index contributed by atoms with van der Waals surface area (Å²) in [5, 5.41) is 3.35. The van der Waals surface area contributed by atoms with Gasteiger partial charge in [0.1, 0.15) is 0 Å². The van der Waals surface area contributed by atoms with E-state index in [4.69, 9.17) is 0 Å². The highest BCUT2D eigenvalue weighted by molar-refractivity contribution is 5.41. The Bertz CT molecular complexity index is 522. The van der Waals surface area contributed by atoms with E-state index in [0.29, 0.717) is 10.8 Å². The molecule has 1 N–H and O–H groups in total. The highest BCUT2D eigenvalue weighted by atomic mass is 19.4. The maximum absolute atomic E-state index is 12.2. The predicted molar refractivity (Wildman–Crippen MR) is 75.1 cm³/mol. The third-order valence-corrected chi connectivity index (χ3v) is 5.98. The van der Waals surface area contributed by atoms with Crippen LogP contribution >= 0.6 is 0 Å². The lowest BCUT2D eigenvalue weighted by Gasteiger charge is -2.75. The summed E-state index contributed by atoms with van der Waals surface area (Å²) in [7, 11) is 0. The Morgan fingerprint density at radius 1 is 1.05 bits per heavy atom. The van der Waals surface area contributed by atoms with Crippen molar-refractivity contribution in [2.45, 2.75) is 43.7 Å². The van der Waals surface area contributed by atoms with Crippen molar-refractivity contribution >= 4 is 0 Å². The van der Waals surface area contributed by atoms with Gasteiger partial charge < -0.3 is 5.32 Å². The molecule has 3 aliphatic carbocycles. The van der Waals surface area contributed by atoms with E-state index in [1.54, 1.807) is 0 Å². The maximum Gasteiger partial charge on any atom is 0.389 e. The van der Waals surface area contributed by atoms with Gasteiger partial charge in [0.15, 0.2) is 0 Å². The first kappa shape index (κ1) is 13.6. The second-order valence-electron chi connectivity index (χ2n) is 7.34. The second kappa shape index (κ2) is 4.25. The number of alkyl halides is 3. The fraction of sp³-hybridized carbons (Fsp3) is 0.647. The summed E-state index contributed by atoms with van der Waals surface area (Å²) in [5.41, 5.74) is 3.09. The maximum atomic E-state index is 12.2. The summed E-state index contributed by atoms with van der Waals surface area (Å²) >= 11 is 0. The first-order valence-corrected chi connectivity index (χ1v) is 7.78. The Kier molecular flexibility index (Phi) is 2.76. The van der Waals surface area contributed by atoms with Crippen LogP contribution in [0, 0.1) is 11.3 Å². The molecule has 3 saturated carbocycles. The van der Waals surface area contributed by atoms with Gasteiger partial charge in [-0.25, -0.2) is 0 Å². The molecule has 1 aromatic rings. The number of rotatable bonds is 4. The number of hydrogen-bond acceptors (Lipinski definition) is 1. The van der Waals surface area contributed by atoms with Gasteiger partial charge in [-0.1, -0.05) is 24.3 Å². The van der Waals surface area contributed by atoms with Crippen LogP contribution in [0.15, 0.2) is 24.3 Å². The van der Waals surface area contributed by atoms with E-state index in [-0.39, 0.29) is 6.42 Å². The quantitative estimate of drug-likeness (QED) is 0.890. The molecule has 1 nitrogen and oxygen atoms in total. The Hall–Kier alpha value is -1.03. The number of hydrogen-bond donors (Lipinski definition) is 1. The molecule has 4 fully saturated rings. The minimum atomic E-state index is -4.06. The SMILES string of the molecule is FC(F)(F)CCc1ccc(C23CC(C4CNC4)(C2)C3)cc1. The first-order chi connectivity index (χ1) is 9.91. The molecular formula is C17H20F3N. The Morgan fingerprint density at radius 2 is 1.67 bits per heavy atom. The molecule has 4 heteroatoms. The van der Waals surface area contributed by atoms with Crippen LogP contribution in [0.2, 0.25) is 0 Å². The van der Waals surface area contributed by atoms with Crippen molar-refractivity contribution in [2.24, 2.45) is 11.3 Å². The Balaban J connectivity index is 1.38. The van der Waals surface area contributed by atoms with Crippen molar-refractivity contribution in [2.75, 3.05) is 13.1 Å². The van der Waals surface area contributed by atoms with Gasteiger partial charge in [0.2, 0.25) is 0 Å². The standard InChI is InChI=1S/C17H20F3N/c18-17(19,20)6-5-12-1-3-13(4-2-12)15-9-16(10-15,11-15)14-7-21-8-14/h1-4,14,21H,5-11H2. The largest absolute Gasteiger partial charge is 0.389 e. The molecule has 0 radical (unpaired) electrons. The molecule has 4 aliphatic rings. The third kappa shape index (κ3) is 2.10. The average molecular weight is 295 g/mol. The van der Waals surface area contributed by atoms with Gasteiger partial charge in [-0.15, -0.1) is 0 Å². The smallest absolute Gasteiger partial charge is 0.316 e. The van der Waals surface area contributed by atoms with Crippen LogP contribution in [0.3, 0.4) is 0 Å². The minimum absolute atomic E-state index is 0.0917. The molecule has 0 atom stereocenters. The predicted octanol–water partition coefficient (Wildman–Crippen LogP) is 3.82. The van der Waals surface area contributed by atoms with Crippen LogP contribution < -0.4 is 5.32 Å². The summed E-state index contributed by atoms with van der Waals surface area (Å²) in [4.78, 5) is 0. The van der Waals surface area contributed by atoms with E-state index in [0.717, 1.165) is 11.5 Å². The van der Waals surface area contributed by atoms with Gasteiger partial charge in [0.05, 0.1) is 0 Å². The molecule has 0 aromatic heterocycles. The molecule has 2 bridgehead atoms. The zero-order valence-electron chi connectivity index (χ0n) is 12.0. The third-order valence-electron chi connectivity index (χ3n) is 5.98. The van der Waals surface area contributed by atoms with Crippen molar-refractivity contribution in [1.29, 1.82) is 0 Å². The molecule has 114 valence electrons. The van der Waals surface area contributed by atoms with Crippen molar-refractivity contribution in [3.8, 4) is 0 Å². The van der Waals surface area contributed by atoms with E-state index in [2.05, 4.69) is 17.4 Å². The van der Waals surface area contributed by atoms with Gasteiger partial charge in [0, 0.05) is 6.42 Å². The lowest BCUT2D eigenvalue weighted by molar-refractivity contribution is -0.191. The zero-order valence-corrected chi connectivity index (χ0v) is 12.0. The van der Waals surface area contributed by atoms with E-state index in [1.807, 2.05) is 12.1 Å². The molecule has 5 rings (SSSR count). The van der Waals surface area contributed by atoms with E-state index < -0.39 is 12.6 Å². The van der Waals surface area contributed by atoms with Crippen LogP contribution in [-0.2, 0) is 11.8 Å². The van der Waals surface area contributed by atoms with Gasteiger partial charge in [-0.05, 0) is 66.6 Å². The van der Waals surface area contributed by atoms with Crippen molar-refractivity contribution in [3.05, 3.63) is 35.4 Å². The number of halogens is 3. The molecule has 1 aromatic carbocycles. The number of benzene rings is 1. The lowest BCUT2D eigenvalue weighted by atomic mass is 9.30. The fourth-order valence-electron chi connectivity index (χ4n) is 4.64. The van der Waals surface area contributed by atoms with Gasteiger partial charge in [-0.3, -0.25) is 0 Å². The summed E-state index contributed by atoms with van der Waals surface area (Å²) in [6, 6.07) is 7.90. The normalized spacial score (nSPS) is 34.8. The highest BCUT2D eigenvalue weighted by Crippen LogP contribution is 2.76. The minimum Gasteiger partial charge on any atom is -0.316 e. The Labute approximate surface area is 122 Å². The van der Waals surface area contributed by atoms with Crippen LogP contribution in [0.5, 0.6) is 0 Å². The molecule has 1 heterocycles. The Morgan fingerprint density at radius 3 is 2.14 bits per heavy atom. The monoisotopic (exact) mass is 295 g/mol. The van der Waals surface area contributed by atoms with Crippen LogP contribution in [0.1, 0.15) is 36.8 Å². The van der Waals surface area contributed by atoms with Crippen molar-refractivity contribution < 1.29 is 13.2 Å².